The van der Waals surface area contributed by atoms with Gasteiger partial charge in [-0.05, 0) is 30.2 Å². The van der Waals surface area contributed by atoms with Gasteiger partial charge in [-0.2, -0.15) is 0 Å². The zero-order valence-electron chi connectivity index (χ0n) is 13.4. The summed E-state index contributed by atoms with van der Waals surface area (Å²) >= 11 is 18.4. The monoisotopic (exact) mass is 396 g/mol. The summed E-state index contributed by atoms with van der Waals surface area (Å²) in [5, 5.41) is 2.34. The molecule has 0 unspecified atom stereocenters. The number of hydrogen-bond acceptors (Lipinski definition) is 3. The summed E-state index contributed by atoms with van der Waals surface area (Å²) in [5.41, 5.74) is 1.77. The SMILES string of the molecule is CCCc1cc(=O)oc2cc(OCc3ccc(Cl)cc3Cl)c(Cl)cc12. The van der Waals surface area contributed by atoms with Crippen molar-refractivity contribution in [3.8, 4) is 5.75 Å². The highest BCUT2D eigenvalue weighted by molar-refractivity contribution is 6.35. The first-order chi connectivity index (χ1) is 12.0. The molecular weight excluding hydrogens is 383 g/mol. The molecule has 3 nitrogen and oxygen atoms in total. The van der Waals surface area contributed by atoms with Crippen LogP contribution >= 0.6 is 34.8 Å². The lowest BCUT2D eigenvalue weighted by Crippen LogP contribution is -2.02. The fourth-order valence-corrected chi connectivity index (χ4v) is 3.29. The molecule has 2 aromatic carbocycles. The molecule has 1 heterocycles. The molecule has 25 heavy (non-hydrogen) atoms. The van der Waals surface area contributed by atoms with Crippen molar-refractivity contribution in [1.29, 1.82) is 0 Å². The smallest absolute Gasteiger partial charge is 0.336 e. The predicted octanol–water partition coefficient (Wildman–Crippen LogP) is 6.28. The molecule has 0 aliphatic rings. The Hall–Kier alpha value is -1.68. The molecule has 6 heteroatoms. The molecule has 0 radical (unpaired) electrons. The summed E-state index contributed by atoms with van der Waals surface area (Å²) in [4.78, 5) is 11.8. The van der Waals surface area contributed by atoms with Crippen LogP contribution in [-0.4, -0.2) is 0 Å². The van der Waals surface area contributed by atoms with Gasteiger partial charge in [0.25, 0.3) is 0 Å². The van der Waals surface area contributed by atoms with E-state index < -0.39 is 0 Å². The molecule has 0 aliphatic heterocycles. The van der Waals surface area contributed by atoms with E-state index in [0.717, 1.165) is 29.4 Å². The Morgan fingerprint density at radius 1 is 1.00 bits per heavy atom. The molecule has 130 valence electrons. The molecule has 0 aliphatic carbocycles. The van der Waals surface area contributed by atoms with Crippen LogP contribution in [0, 0.1) is 0 Å². The zero-order chi connectivity index (χ0) is 18.0. The van der Waals surface area contributed by atoms with E-state index in [9.17, 15) is 4.79 Å². The van der Waals surface area contributed by atoms with Crippen molar-refractivity contribution in [3.05, 3.63) is 73.0 Å². The number of halogens is 3. The van der Waals surface area contributed by atoms with Crippen LogP contribution < -0.4 is 10.4 Å². The van der Waals surface area contributed by atoms with E-state index in [1.54, 1.807) is 30.3 Å². The molecule has 0 spiro atoms. The van der Waals surface area contributed by atoms with Gasteiger partial charge in [0.1, 0.15) is 17.9 Å². The third kappa shape index (κ3) is 4.12. The Kier molecular flexibility index (Phi) is 5.57. The van der Waals surface area contributed by atoms with Gasteiger partial charge in [-0.1, -0.05) is 54.2 Å². The van der Waals surface area contributed by atoms with Crippen LogP contribution in [0.25, 0.3) is 11.0 Å². The maximum absolute atomic E-state index is 11.8. The summed E-state index contributed by atoms with van der Waals surface area (Å²) in [7, 11) is 0. The van der Waals surface area contributed by atoms with E-state index >= 15 is 0 Å². The lowest BCUT2D eigenvalue weighted by Gasteiger charge is -2.11. The highest BCUT2D eigenvalue weighted by Crippen LogP contribution is 2.32. The van der Waals surface area contributed by atoms with E-state index in [0.29, 0.717) is 26.4 Å². The minimum atomic E-state index is -0.384. The summed E-state index contributed by atoms with van der Waals surface area (Å²) in [6, 6.07) is 10.1. The first-order valence-corrected chi connectivity index (χ1v) is 8.94. The van der Waals surface area contributed by atoms with Gasteiger partial charge in [0, 0.05) is 33.1 Å². The number of ether oxygens (including phenoxy) is 1. The molecule has 0 N–H and O–H groups in total. The van der Waals surface area contributed by atoms with Gasteiger partial charge in [-0.25, -0.2) is 4.79 Å². The Bertz CT molecular complexity index is 980. The second kappa shape index (κ2) is 7.69. The van der Waals surface area contributed by atoms with Crippen LogP contribution in [0.1, 0.15) is 24.5 Å². The van der Waals surface area contributed by atoms with Crippen molar-refractivity contribution in [2.45, 2.75) is 26.4 Å². The molecule has 0 saturated carbocycles. The van der Waals surface area contributed by atoms with Crippen molar-refractivity contribution < 1.29 is 9.15 Å². The van der Waals surface area contributed by atoms with Crippen molar-refractivity contribution in [3.63, 3.8) is 0 Å². The van der Waals surface area contributed by atoms with Gasteiger partial charge in [0.2, 0.25) is 0 Å². The maximum Gasteiger partial charge on any atom is 0.336 e. The normalized spacial score (nSPS) is 11.0. The Morgan fingerprint density at radius 2 is 1.80 bits per heavy atom. The van der Waals surface area contributed by atoms with Gasteiger partial charge in [-0.15, -0.1) is 0 Å². The Labute approximate surface area is 160 Å². The Balaban J connectivity index is 1.94. The van der Waals surface area contributed by atoms with Crippen LogP contribution in [0.2, 0.25) is 15.1 Å². The lowest BCUT2D eigenvalue weighted by atomic mass is 10.1. The topological polar surface area (TPSA) is 39.4 Å². The fourth-order valence-electron chi connectivity index (χ4n) is 2.61. The summed E-state index contributed by atoms with van der Waals surface area (Å²) in [5.74, 6) is 0.428. The maximum atomic E-state index is 11.8. The van der Waals surface area contributed by atoms with Gasteiger partial charge in [0.15, 0.2) is 0 Å². The molecule has 3 rings (SSSR count). The molecule has 0 saturated heterocycles. The minimum absolute atomic E-state index is 0.222. The average Bonchev–Trinajstić information content (AvgIpc) is 2.55. The van der Waals surface area contributed by atoms with E-state index in [-0.39, 0.29) is 12.2 Å². The second-order valence-corrected chi connectivity index (χ2v) is 6.89. The molecule has 0 fully saturated rings. The Morgan fingerprint density at radius 3 is 2.52 bits per heavy atom. The largest absolute Gasteiger partial charge is 0.487 e. The van der Waals surface area contributed by atoms with Crippen LogP contribution in [0.5, 0.6) is 5.75 Å². The van der Waals surface area contributed by atoms with Gasteiger partial charge in [0.05, 0.1) is 5.02 Å². The van der Waals surface area contributed by atoms with E-state index in [1.807, 2.05) is 0 Å². The quantitative estimate of drug-likeness (QED) is 0.475. The van der Waals surface area contributed by atoms with E-state index in [4.69, 9.17) is 44.0 Å². The summed E-state index contributed by atoms with van der Waals surface area (Å²) in [6.07, 6.45) is 1.70. The summed E-state index contributed by atoms with van der Waals surface area (Å²) < 4.78 is 11.1. The third-order valence-corrected chi connectivity index (χ3v) is 4.68. The highest BCUT2D eigenvalue weighted by Gasteiger charge is 2.12. The predicted molar refractivity (Wildman–Crippen MR) is 102 cm³/mol. The number of fused-ring (bicyclic) bond motifs is 1. The number of aryl methyl sites for hydroxylation is 1. The number of hydrogen-bond donors (Lipinski definition) is 0. The number of rotatable bonds is 5. The first-order valence-electron chi connectivity index (χ1n) is 7.81. The fraction of sp³-hybridized carbons (Fsp3) is 0.211. The molecule has 0 bridgehead atoms. The van der Waals surface area contributed by atoms with Crippen LogP contribution in [-0.2, 0) is 13.0 Å². The van der Waals surface area contributed by atoms with Crippen LogP contribution in [0.3, 0.4) is 0 Å². The standard InChI is InChI=1S/C19H15Cl3O3/c1-2-3-11-6-19(23)25-17-9-18(16(22)8-14(11)17)24-10-12-4-5-13(20)7-15(12)21/h4-9H,2-3,10H2,1H3. The van der Waals surface area contributed by atoms with Crippen molar-refractivity contribution in [1.82, 2.24) is 0 Å². The van der Waals surface area contributed by atoms with Crippen molar-refractivity contribution >= 4 is 45.8 Å². The molecule has 0 atom stereocenters. The van der Waals surface area contributed by atoms with Crippen LogP contribution in [0.4, 0.5) is 0 Å². The van der Waals surface area contributed by atoms with Crippen LogP contribution in [0.15, 0.2) is 45.6 Å². The van der Waals surface area contributed by atoms with E-state index in [1.165, 1.54) is 6.07 Å². The van der Waals surface area contributed by atoms with E-state index in [2.05, 4.69) is 6.92 Å². The molecule has 3 aromatic rings. The average molecular weight is 398 g/mol. The molecular formula is C19H15Cl3O3. The first kappa shape index (κ1) is 18.1. The zero-order valence-corrected chi connectivity index (χ0v) is 15.7. The minimum Gasteiger partial charge on any atom is -0.487 e. The second-order valence-electron chi connectivity index (χ2n) is 5.64. The molecule has 0 amide bonds. The van der Waals surface area contributed by atoms with Crippen molar-refractivity contribution in [2.75, 3.05) is 0 Å². The summed E-state index contributed by atoms with van der Waals surface area (Å²) in [6.45, 7) is 2.27. The van der Waals surface area contributed by atoms with Gasteiger partial charge < -0.3 is 9.15 Å². The third-order valence-electron chi connectivity index (χ3n) is 3.80. The molecule has 1 aromatic heterocycles. The lowest BCUT2D eigenvalue weighted by molar-refractivity contribution is 0.306. The number of benzene rings is 2. The van der Waals surface area contributed by atoms with Crippen molar-refractivity contribution in [2.24, 2.45) is 0 Å². The highest BCUT2D eigenvalue weighted by atomic mass is 35.5. The van der Waals surface area contributed by atoms with Gasteiger partial charge in [-0.3, -0.25) is 0 Å². The van der Waals surface area contributed by atoms with Gasteiger partial charge >= 0.3 is 5.63 Å².